The van der Waals surface area contributed by atoms with Gasteiger partial charge in [0.05, 0.1) is 17.4 Å². The van der Waals surface area contributed by atoms with Crippen LogP contribution in [0.4, 0.5) is 5.82 Å². The lowest BCUT2D eigenvalue weighted by molar-refractivity contribution is -0.117. The predicted octanol–water partition coefficient (Wildman–Crippen LogP) is 1.83. The molecule has 0 aliphatic carbocycles. The molecule has 1 aromatic carbocycles. The van der Waals surface area contributed by atoms with Crippen molar-refractivity contribution in [3.05, 3.63) is 72.2 Å². The van der Waals surface area contributed by atoms with E-state index in [1.165, 1.54) is 6.20 Å². The highest BCUT2D eigenvalue weighted by Gasteiger charge is 2.18. The summed E-state index contributed by atoms with van der Waals surface area (Å²) in [6.45, 7) is 0.221. The van der Waals surface area contributed by atoms with E-state index in [9.17, 15) is 9.59 Å². The average molecular weight is 349 g/mol. The van der Waals surface area contributed by atoms with E-state index in [1.54, 1.807) is 23.1 Å². The van der Waals surface area contributed by atoms with Crippen LogP contribution in [0.15, 0.2) is 61.1 Å². The maximum atomic E-state index is 12.3. The summed E-state index contributed by atoms with van der Waals surface area (Å²) in [6, 6.07) is 13.0. The Morgan fingerprint density at radius 2 is 1.88 bits per heavy atom. The molecule has 0 aliphatic rings. The molecule has 0 spiro atoms. The summed E-state index contributed by atoms with van der Waals surface area (Å²) in [7, 11) is 3.74. The van der Waals surface area contributed by atoms with E-state index >= 15 is 0 Å². The Hall–Kier alpha value is -3.48. The Balaban J connectivity index is 1.68. The van der Waals surface area contributed by atoms with Crippen LogP contribution >= 0.6 is 0 Å². The second-order valence-corrected chi connectivity index (χ2v) is 5.90. The molecule has 0 radical (unpaired) electrons. The second kappa shape index (κ2) is 7.60. The zero-order valence-corrected chi connectivity index (χ0v) is 14.6. The van der Waals surface area contributed by atoms with Crippen LogP contribution < -0.4 is 10.2 Å². The van der Waals surface area contributed by atoms with Gasteiger partial charge in [-0.2, -0.15) is 5.10 Å². The van der Waals surface area contributed by atoms with Crippen molar-refractivity contribution in [3.8, 4) is 5.69 Å². The predicted molar refractivity (Wildman–Crippen MR) is 98.3 cm³/mol. The maximum absolute atomic E-state index is 12.3. The average Bonchev–Trinajstić information content (AvgIpc) is 3.16. The van der Waals surface area contributed by atoms with Crippen LogP contribution in [0.2, 0.25) is 0 Å². The van der Waals surface area contributed by atoms with Gasteiger partial charge in [-0.1, -0.05) is 24.3 Å². The molecule has 1 amide bonds. The van der Waals surface area contributed by atoms with Crippen LogP contribution in [0.3, 0.4) is 0 Å². The topological polar surface area (TPSA) is 80.1 Å². The Bertz CT molecular complexity index is 918. The summed E-state index contributed by atoms with van der Waals surface area (Å²) >= 11 is 0. The number of benzene rings is 1. The van der Waals surface area contributed by atoms with E-state index in [2.05, 4.69) is 15.4 Å². The van der Waals surface area contributed by atoms with Crippen molar-refractivity contribution < 1.29 is 9.59 Å². The first kappa shape index (κ1) is 17.3. The first-order valence-corrected chi connectivity index (χ1v) is 8.10. The number of carbonyl (C=O) groups excluding carboxylic acids is 2. The highest BCUT2D eigenvalue weighted by atomic mass is 16.2. The number of amides is 1. The fraction of sp³-hybridized carbons (Fsp3) is 0.158. The van der Waals surface area contributed by atoms with Crippen molar-refractivity contribution >= 4 is 17.5 Å². The van der Waals surface area contributed by atoms with Gasteiger partial charge in [0.2, 0.25) is 0 Å². The van der Waals surface area contributed by atoms with Gasteiger partial charge >= 0.3 is 0 Å². The molecule has 0 aliphatic heterocycles. The first-order valence-electron chi connectivity index (χ1n) is 8.10. The number of ketones is 1. The largest absolute Gasteiger partial charge is 0.362 e. The fourth-order valence-corrected chi connectivity index (χ4v) is 2.52. The molecule has 1 N–H and O–H groups in total. The smallest absolute Gasteiger partial charge is 0.292 e. The van der Waals surface area contributed by atoms with E-state index in [0.29, 0.717) is 0 Å². The van der Waals surface area contributed by atoms with Gasteiger partial charge in [-0.3, -0.25) is 9.59 Å². The minimum atomic E-state index is -0.675. The molecule has 0 atom stereocenters. The zero-order chi connectivity index (χ0) is 18.5. The van der Waals surface area contributed by atoms with Crippen molar-refractivity contribution in [2.24, 2.45) is 0 Å². The SMILES string of the molecule is CN(C)c1ncccc1CNC(=O)C(=O)c1cnn(-c2ccccc2)c1. The number of hydrogen-bond donors (Lipinski definition) is 1. The van der Waals surface area contributed by atoms with Crippen molar-refractivity contribution in [1.82, 2.24) is 20.1 Å². The molecule has 3 aromatic rings. The lowest BCUT2D eigenvalue weighted by Crippen LogP contribution is -2.31. The number of Topliss-reactive ketones (excluding diaryl/α,β-unsaturated/α-hetero) is 1. The van der Waals surface area contributed by atoms with Crippen molar-refractivity contribution in [1.29, 1.82) is 0 Å². The van der Waals surface area contributed by atoms with Gasteiger partial charge in [-0.25, -0.2) is 9.67 Å². The number of carbonyl (C=O) groups is 2. The molecule has 7 nitrogen and oxygen atoms in total. The molecule has 132 valence electrons. The van der Waals surface area contributed by atoms with E-state index in [4.69, 9.17) is 0 Å². The van der Waals surface area contributed by atoms with Crippen LogP contribution in [-0.4, -0.2) is 40.6 Å². The minimum absolute atomic E-state index is 0.221. The third kappa shape index (κ3) is 3.77. The van der Waals surface area contributed by atoms with Crippen LogP contribution in [0, 0.1) is 0 Å². The van der Waals surface area contributed by atoms with Crippen LogP contribution in [-0.2, 0) is 11.3 Å². The highest BCUT2D eigenvalue weighted by Crippen LogP contribution is 2.14. The van der Waals surface area contributed by atoms with E-state index in [0.717, 1.165) is 17.1 Å². The Morgan fingerprint density at radius 1 is 1.12 bits per heavy atom. The molecule has 0 fully saturated rings. The van der Waals surface area contributed by atoms with Gasteiger partial charge < -0.3 is 10.2 Å². The van der Waals surface area contributed by atoms with Crippen molar-refractivity contribution in [2.45, 2.75) is 6.54 Å². The quantitative estimate of drug-likeness (QED) is 0.542. The number of rotatable bonds is 6. The molecule has 0 saturated heterocycles. The number of aromatic nitrogens is 3. The molecule has 2 heterocycles. The van der Waals surface area contributed by atoms with Crippen molar-refractivity contribution in [2.75, 3.05) is 19.0 Å². The van der Waals surface area contributed by atoms with Gasteiger partial charge in [0, 0.05) is 38.6 Å². The monoisotopic (exact) mass is 349 g/mol. The van der Waals surface area contributed by atoms with E-state index < -0.39 is 11.7 Å². The van der Waals surface area contributed by atoms with Gasteiger partial charge in [0.1, 0.15) is 5.82 Å². The normalized spacial score (nSPS) is 10.4. The van der Waals surface area contributed by atoms with E-state index in [1.807, 2.05) is 55.4 Å². The van der Waals surface area contributed by atoms with Crippen LogP contribution in [0.25, 0.3) is 5.69 Å². The van der Waals surface area contributed by atoms with Crippen LogP contribution in [0.5, 0.6) is 0 Å². The van der Waals surface area contributed by atoms with Crippen LogP contribution in [0.1, 0.15) is 15.9 Å². The molecule has 3 rings (SSSR count). The molecular formula is C19H19N5O2. The molecule has 0 bridgehead atoms. The number of nitrogens with one attached hydrogen (secondary N) is 1. The lowest BCUT2D eigenvalue weighted by Gasteiger charge is -2.15. The third-order valence-electron chi connectivity index (χ3n) is 3.80. The summed E-state index contributed by atoms with van der Waals surface area (Å²) in [5.41, 5.74) is 1.89. The number of pyridine rings is 1. The Kier molecular flexibility index (Phi) is 5.07. The second-order valence-electron chi connectivity index (χ2n) is 5.90. The first-order chi connectivity index (χ1) is 12.6. The summed E-state index contributed by atoms with van der Waals surface area (Å²) < 4.78 is 1.56. The van der Waals surface area contributed by atoms with Gasteiger partial charge in [0.15, 0.2) is 0 Å². The summed E-state index contributed by atoms with van der Waals surface area (Å²) in [6.07, 6.45) is 4.63. The summed E-state index contributed by atoms with van der Waals surface area (Å²) in [5.74, 6) is -0.550. The minimum Gasteiger partial charge on any atom is -0.362 e. The van der Waals surface area contributed by atoms with E-state index in [-0.39, 0.29) is 12.1 Å². The van der Waals surface area contributed by atoms with Gasteiger partial charge in [0.25, 0.3) is 11.7 Å². The summed E-state index contributed by atoms with van der Waals surface area (Å²) in [5, 5.41) is 6.79. The van der Waals surface area contributed by atoms with Gasteiger partial charge in [-0.05, 0) is 18.2 Å². The summed E-state index contributed by atoms with van der Waals surface area (Å²) in [4.78, 5) is 30.7. The third-order valence-corrected chi connectivity index (χ3v) is 3.80. The van der Waals surface area contributed by atoms with Crippen molar-refractivity contribution in [3.63, 3.8) is 0 Å². The number of nitrogens with zero attached hydrogens (tertiary/aromatic N) is 4. The Morgan fingerprint density at radius 3 is 2.62 bits per heavy atom. The maximum Gasteiger partial charge on any atom is 0.292 e. The Labute approximate surface area is 151 Å². The molecular weight excluding hydrogens is 330 g/mol. The standard InChI is InChI=1S/C19H19N5O2/c1-23(2)18-14(7-6-10-20-18)11-21-19(26)17(25)15-12-22-24(13-15)16-8-4-3-5-9-16/h3-10,12-13H,11H2,1-2H3,(H,21,26). The lowest BCUT2D eigenvalue weighted by atomic mass is 10.2. The molecule has 0 saturated carbocycles. The molecule has 2 aromatic heterocycles. The van der Waals surface area contributed by atoms with Gasteiger partial charge in [-0.15, -0.1) is 0 Å². The molecule has 0 unspecified atom stereocenters. The number of anilines is 1. The molecule has 26 heavy (non-hydrogen) atoms. The number of para-hydroxylation sites is 1. The number of hydrogen-bond acceptors (Lipinski definition) is 5. The highest BCUT2D eigenvalue weighted by molar-refractivity contribution is 6.42. The zero-order valence-electron chi connectivity index (χ0n) is 14.6. The fourth-order valence-electron chi connectivity index (χ4n) is 2.52. The molecule has 7 heteroatoms.